The van der Waals surface area contributed by atoms with Gasteiger partial charge in [-0.05, 0) is 61.4 Å². The van der Waals surface area contributed by atoms with E-state index in [1.54, 1.807) is 17.4 Å². The van der Waals surface area contributed by atoms with Gasteiger partial charge in [0.25, 0.3) is 0 Å². The van der Waals surface area contributed by atoms with Crippen molar-refractivity contribution >= 4 is 28.3 Å². The van der Waals surface area contributed by atoms with Crippen LogP contribution >= 0.6 is 11.3 Å². The fraction of sp³-hybridized carbons (Fsp3) is 0.333. The van der Waals surface area contributed by atoms with E-state index in [9.17, 15) is 10.1 Å². The van der Waals surface area contributed by atoms with Gasteiger partial charge in [0, 0.05) is 11.0 Å². The second-order valence-corrected chi connectivity index (χ2v) is 7.37. The molecule has 1 aliphatic rings. The number of thiophene rings is 1. The van der Waals surface area contributed by atoms with Crippen LogP contribution in [0.25, 0.3) is 6.08 Å². The Balaban J connectivity index is 1.65. The summed E-state index contributed by atoms with van der Waals surface area (Å²) in [7, 11) is 0. The molecule has 1 heterocycles. The zero-order chi connectivity index (χ0) is 18.4. The summed E-state index contributed by atoms with van der Waals surface area (Å²) in [5, 5.41) is 13.0. The number of anilines is 1. The number of ether oxygens (including phenoxy) is 1. The Labute approximate surface area is 158 Å². The Morgan fingerprint density at radius 2 is 2.08 bits per heavy atom. The second-order valence-electron chi connectivity index (χ2n) is 6.27. The van der Waals surface area contributed by atoms with E-state index < -0.39 is 0 Å². The van der Waals surface area contributed by atoms with Crippen molar-refractivity contribution in [2.24, 2.45) is 0 Å². The van der Waals surface area contributed by atoms with Crippen LogP contribution in [-0.4, -0.2) is 12.5 Å². The number of hydrogen-bond donors (Lipinski definition) is 1. The first-order valence-electron chi connectivity index (χ1n) is 8.98. The fourth-order valence-corrected chi connectivity index (χ4v) is 4.24. The predicted molar refractivity (Wildman–Crippen MR) is 106 cm³/mol. The number of nitrogens with one attached hydrogen (secondary N) is 1. The molecule has 0 aliphatic heterocycles. The van der Waals surface area contributed by atoms with Gasteiger partial charge in [-0.3, -0.25) is 4.79 Å². The van der Waals surface area contributed by atoms with Crippen LogP contribution in [0.1, 0.15) is 47.8 Å². The number of carbonyl (C=O) groups excluding carboxylic acids is 1. The summed E-state index contributed by atoms with van der Waals surface area (Å²) in [6.07, 6.45) is 8.45. The van der Waals surface area contributed by atoms with Crippen LogP contribution < -0.4 is 10.1 Å². The molecule has 0 saturated carbocycles. The van der Waals surface area contributed by atoms with Crippen molar-refractivity contribution in [2.75, 3.05) is 11.9 Å². The van der Waals surface area contributed by atoms with Gasteiger partial charge in [0.15, 0.2) is 0 Å². The molecular formula is C21H22N2O2S. The van der Waals surface area contributed by atoms with E-state index in [4.69, 9.17) is 4.74 Å². The number of hydrogen-bond acceptors (Lipinski definition) is 4. The van der Waals surface area contributed by atoms with Gasteiger partial charge < -0.3 is 10.1 Å². The lowest BCUT2D eigenvalue weighted by molar-refractivity contribution is -0.111. The molecule has 1 amide bonds. The molecule has 1 N–H and O–H groups in total. The van der Waals surface area contributed by atoms with Gasteiger partial charge in [-0.2, -0.15) is 5.26 Å². The Bertz CT molecular complexity index is 844. The highest BCUT2D eigenvalue weighted by molar-refractivity contribution is 7.16. The van der Waals surface area contributed by atoms with Gasteiger partial charge in [0.1, 0.15) is 16.8 Å². The summed E-state index contributed by atoms with van der Waals surface area (Å²) < 4.78 is 5.55. The Kier molecular flexibility index (Phi) is 6.08. The molecule has 1 aromatic carbocycles. The first-order valence-corrected chi connectivity index (χ1v) is 9.79. The number of benzene rings is 1. The van der Waals surface area contributed by atoms with Crippen molar-refractivity contribution in [1.29, 1.82) is 5.26 Å². The molecule has 26 heavy (non-hydrogen) atoms. The molecule has 0 saturated heterocycles. The van der Waals surface area contributed by atoms with Crippen LogP contribution in [0, 0.1) is 11.3 Å². The van der Waals surface area contributed by atoms with E-state index in [2.05, 4.69) is 18.3 Å². The van der Waals surface area contributed by atoms with Crippen molar-refractivity contribution in [3.05, 3.63) is 51.9 Å². The lowest BCUT2D eigenvalue weighted by atomic mass is 9.96. The summed E-state index contributed by atoms with van der Waals surface area (Å²) >= 11 is 1.54. The zero-order valence-electron chi connectivity index (χ0n) is 14.9. The standard InChI is InChI=1S/C21H22N2O2S/c1-2-13-25-16-10-7-15(8-11-16)9-12-20(24)23-21-18(14-22)17-5-3-4-6-19(17)26-21/h7-12H,2-6,13H2,1H3,(H,23,24)/b12-9+. The normalized spacial score (nSPS) is 13.2. The molecule has 1 aliphatic carbocycles. The van der Waals surface area contributed by atoms with Crippen LogP contribution in [0.2, 0.25) is 0 Å². The number of rotatable bonds is 6. The maximum atomic E-state index is 12.2. The van der Waals surface area contributed by atoms with Gasteiger partial charge in [0.05, 0.1) is 12.2 Å². The second kappa shape index (κ2) is 8.68. The maximum Gasteiger partial charge on any atom is 0.249 e. The monoisotopic (exact) mass is 366 g/mol. The highest BCUT2D eigenvalue weighted by Gasteiger charge is 2.21. The van der Waals surface area contributed by atoms with Gasteiger partial charge in [-0.1, -0.05) is 19.1 Å². The summed E-state index contributed by atoms with van der Waals surface area (Å²) in [6, 6.07) is 9.89. The minimum absolute atomic E-state index is 0.216. The van der Waals surface area contributed by atoms with Crippen molar-refractivity contribution in [2.45, 2.75) is 39.0 Å². The third-order valence-electron chi connectivity index (χ3n) is 4.30. The average Bonchev–Trinajstić information content (AvgIpc) is 3.02. The van der Waals surface area contributed by atoms with Crippen LogP contribution in [0.5, 0.6) is 5.75 Å². The molecular weight excluding hydrogens is 344 g/mol. The Morgan fingerprint density at radius 1 is 1.31 bits per heavy atom. The topological polar surface area (TPSA) is 62.1 Å². The molecule has 3 rings (SSSR count). The molecule has 2 aromatic rings. The van der Waals surface area contributed by atoms with Crippen LogP contribution in [0.4, 0.5) is 5.00 Å². The smallest absolute Gasteiger partial charge is 0.249 e. The molecule has 0 radical (unpaired) electrons. The molecule has 1 aromatic heterocycles. The van der Waals surface area contributed by atoms with Crippen molar-refractivity contribution < 1.29 is 9.53 Å². The molecule has 0 atom stereocenters. The zero-order valence-corrected chi connectivity index (χ0v) is 15.7. The summed E-state index contributed by atoms with van der Waals surface area (Å²) in [5.74, 6) is 0.614. The molecule has 5 heteroatoms. The van der Waals surface area contributed by atoms with Crippen molar-refractivity contribution in [3.63, 3.8) is 0 Å². The van der Waals surface area contributed by atoms with Crippen LogP contribution in [0.15, 0.2) is 30.3 Å². The van der Waals surface area contributed by atoms with Crippen molar-refractivity contribution in [3.8, 4) is 11.8 Å². The van der Waals surface area contributed by atoms with Gasteiger partial charge >= 0.3 is 0 Å². The van der Waals surface area contributed by atoms with E-state index in [1.165, 1.54) is 11.0 Å². The highest BCUT2D eigenvalue weighted by Crippen LogP contribution is 2.37. The first kappa shape index (κ1) is 18.2. The van der Waals surface area contributed by atoms with Gasteiger partial charge in [-0.25, -0.2) is 0 Å². The van der Waals surface area contributed by atoms with Gasteiger partial charge in [-0.15, -0.1) is 11.3 Å². The lowest BCUT2D eigenvalue weighted by Gasteiger charge is -2.09. The Morgan fingerprint density at radius 3 is 2.81 bits per heavy atom. The number of fused-ring (bicyclic) bond motifs is 1. The van der Waals surface area contributed by atoms with E-state index in [0.29, 0.717) is 17.2 Å². The van der Waals surface area contributed by atoms with Crippen molar-refractivity contribution in [1.82, 2.24) is 0 Å². The molecule has 0 fully saturated rings. The molecule has 0 unspecified atom stereocenters. The summed E-state index contributed by atoms with van der Waals surface area (Å²) in [4.78, 5) is 13.5. The highest BCUT2D eigenvalue weighted by atomic mass is 32.1. The molecule has 4 nitrogen and oxygen atoms in total. The number of amides is 1. The molecule has 134 valence electrons. The van der Waals surface area contributed by atoms with E-state index in [0.717, 1.165) is 49.0 Å². The van der Waals surface area contributed by atoms with E-state index in [-0.39, 0.29) is 5.91 Å². The minimum atomic E-state index is -0.216. The van der Waals surface area contributed by atoms with Crippen LogP contribution in [0.3, 0.4) is 0 Å². The Hall–Kier alpha value is -2.58. The average molecular weight is 366 g/mol. The first-order chi connectivity index (χ1) is 12.7. The van der Waals surface area contributed by atoms with E-state index >= 15 is 0 Å². The summed E-state index contributed by atoms with van der Waals surface area (Å²) in [6.45, 7) is 2.76. The third kappa shape index (κ3) is 4.33. The number of nitrogens with zero attached hydrogens (tertiary/aromatic N) is 1. The van der Waals surface area contributed by atoms with Gasteiger partial charge in [0.2, 0.25) is 5.91 Å². The lowest BCUT2D eigenvalue weighted by Crippen LogP contribution is -2.07. The number of aryl methyl sites for hydroxylation is 1. The third-order valence-corrected chi connectivity index (χ3v) is 5.51. The largest absolute Gasteiger partial charge is 0.494 e. The predicted octanol–water partition coefficient (Wildman–Crippen LogP) is 4.94. The van der Waals surface area contributed by atoms with E-state index in [1.807, 2.05) is 24.3 Å². The maximum absolute atomic E-state index is 12.2. The quantitative estimate of drug-likeness (QED) is 0.737. The number of nitriles is 1. The molecule has 0 bridgehead atoms. The summed E-state index contributed by atoms with van der Waals surface area (Å²) in [5.41, 5.74) is 2.70. The van der Waals surface area contributed by atoms with Crippen LogP contribution in [-0.2, 0) is 17.6 Å². The minimum Gasteiger partial charge on any atom is -0.494 e. The SMILES string of the molecule is CCCOc1ccc(/C=C/C(=O)Nc2sc3c(c2C#N)CCCC3)cc1. The molecule has 0 spiro atoms. The fourth-order valence-electron chi connectivity index (χ4n) is 2.99. The number of carbonyl (C=O) groups is 1.